The highest BCUT2D eigenvalue weighted by Crippen LogP contribution is 2.42. The van der Waals surface area contributed by atoms with E-state index < -0.39 is 0 Å². The fourth-order valence-corrected chi connectivity index (χ4v) is 5.02. The predicted octanol–water partition coefficient (Wildman–Crippen LogP) is 4.21. The van der Waals surface area contributed by atoms with Gasteiger partial charge in [0.1, 0.15) is 17.2 Å². The van der Waals surface area contributed by atoms with Crippen LogP contribution >= 0.6 is 11.3 Å². The maximum Gasteiger partial charge on any atom is 0.263 e. The van der Waals surface area contributed by atoms with Crippen molar-refractivity contribution < 1.29 is 9.53 Å². The van der Waals surface area contributed by atoms with Gasteiger partial charge in [-0.25, -0.2) is 4.98 Å². The summed E-state index contributed by atoms with van der Waals surface area (Å²) >= 11 is 1.45. The molecular weight excluding hydrogens is 410 g/mol. The molecule has 160 valence electrons. The highest BCUT2D eigenvalue weighted by molar-refractivity contribution is 7.17. The fourth-order valence-electron chi connectivity index (χ4n) is 4.00. The Hall–Kier alpha value is -3.13. The van der Waals surface area contributed by atoms with Crippen molar-refractivity contribution in [3.63, 3.8) is 0 Å². The number of rotatable bonds is 3. The van der Waals surface area contributed by atoms with E-state index in [0.717, 1.165) is 45.8 Å². The van der Waals surface area contributed by atoms with Gasteiger partial charge in [0.2, 0.25) is 0 Å². The third-order valence-corrected chi connectivity index (χ3v) is 6.78. The Morgan fingerprint density at radius 3 is 2.81 bits per heavy atom. The summed E-state index contributed by atoms with van der Waals surface area (Å²) in [7, 11) is 2.02. The largest absolute Gasteiger partial charge is 0.490 e. The van der Waals surface area contributed by atoms with E-state index in [0.29, 0.717) is 18.0 Å². The Morgan fingerprint density at radius 2 is 2.03 bits per heavy atom. The average molecular weight is 436 g/mol. The van der Waals surface area contributed by atoms with Crippen LogP contribution in [0.15, 0.2) is 36.5 Å². The van der Waals surface area contributed by atoms with Crippen molar-refractivity contribution in [3.05, 3.63) is 52.8 Å². The number of amides is 1. The fraction of sp³-hybridized carbons (Fsp3) is 0.348. The zero-order chi connectivity index (χ0) is 21.8. The Morgan fingerprint density at radius 1 is 1.23 bits per heavy atom. The summed E-state index contributed by atoms with van der Waals surface area (Å²) < 4.78 is 5.91. The third kappa shape index (κ3) is 3.61. The zero-order valence-electron chi connectivity index (χ0n) is 18.1. The van der Waals surface area contributed by atoms with Gasteiger partial charge in [-0.2, -0.15) is 0 Å². The number of nitrogens with zero attached hydrogens (tertiary/aromatic N) is 4. The summed E-state index contributed by atoms with van der Waals surface area (Å²) in [5.74, 6) is 0.784. The van der Waals surface area contributed by atoms with Gasteiger partial charge in [0.05, 0.1) is 29.8 Å². The molecule has 3 aromatic rings. The standard InChI is InChI=1S/C23H25N5O2S/c1-14-5-6-16(13-24-14)27(4)15-7-8-19-18(11-15)28(9-10-30-19)22-25-17-12-23(2,3)26-21(29)20(17)31-22/h5-8,11,13H,9-10,12H2,1-4H3,(H,26,29). The number of carbonyl (C=O) groups is 1. The molecule has 1 N–H and O–H groups in total. The van der Waals surface area contributed by atoms with Crippen LogP contribution in [0.5, 0.6) is 5.75 Å². The minimum Gasteiger partial charge on any atom is -0.490 e. The number of carbonyl (C=O) groups excluding carboxylic acids is 1. The van der Waals surface area contributed by atoms with Crippen molar-refractivity contribution in [3.8, 4) is 5.75 Å². The lowest BCUT2D eigenvalue weighted by atomic mass is 9.94. The molecular formula is C23H25N5O2S. The summed E-state index contributed by atoms with van der Waals surface area (Å²) in [4.78, 5) is 26.8. The number of benzene rings is 1. The van der Waals surface area contributed by atoms with Gasteiger partial charge in [-0.15, -0.1) is 0 Å². The van der Waals surface area contributed by atoms with Gasteiger partial charge in [0, 0.05) is 30.4 Å². The van der Waals surface area contributed by atoms with Crippen molar-refractivity contribution >= 4 is 39.4 Å². The van der Waals surface area contributed by atoms with E-state index in [-0.39, 0.29) is 11.4 Å². The van der Waals surface area contributed by atoms with Crippen molar-refractivity contribution in [2.75, 3.05) is 30.0 Å². The Bertz CT molecular complexity index is 1160. The second kappa shape index (κ2) is 7.23. The van der Waals surface area contributed by atoms with Gasteiger partial charge < -0.3 is 19.9 Å². The number of fused-ring (bicyclic) bond motifs is 2. The molecule has 1 amide bonds. The quantitative estimate of drug-likeness (QED) is 0.665. The van der Waals surface area contributed by atoms with Crippen molar-refractivity contribution in [2.45, 2.75) is 32.7 Å². The van der Waals surface area contributed by atoms with Crippen molar-refractivity contribution in [1.29, 1.82) is 0 Å². The predicted molar refractivity (Wildman–Crippen MR) is 123 cm³/mol. The molecule has 2 aliphatic heterocycles. The van der Waals surface area contributed by atoms with Crippen LogP contribution in [-0.4, -0.2) is 41.6 Å². The Labute approximate surface area is 185 Å². The maximum atomic E-state index is 12.6. The van der Waals surface area contributed by atoms with E-state index in [1.54, 1.807) is 0 Å². The Kier molecular flexibility index (Phi) is 4.62. The van der Waals surface area contributed by atoms with Crippen LogP contribution in [0.2, 0.25) is 0 Å². The van der Waals surface area contributed by atoms with E-state index >= 15 is 0 Å². The number of aryl methyl sites for hydroxylation is 1. The van der Waals surface area contributed by atoms with Gasteiger partial charge in [-0.3, -0.25) is 9.78 Å². The van der Waals surface area contributed by atoms with Crippen LogP contribution in [0, 0.1) is 6.92 Å². The molecule has 1 aromatic carbocycles. The molecule has 31 heavy (non-hydrogen) atoms. The molecule has 0 unspecified atom stereocenters. The number of thiazole rings is 1. The first kappa shape index (κ1) is 19.8. The van der Waals surface area contributed by atoms with Crippen LogP contribution in [0.25, 0.3) is 0 Å². The average Bonchev–Trinajstić information content (AvgIpc) is 3.16. The molecule has 0 fully saturated rings. The van der Waals surface area contributed by atoms with E-state index in [9.17, 15) is 4.79 Å². The summed E-state index contributed by atoms with van der Waals surface area (Å²) in [5, 5.41) is 3.90. The molecule has 0 saturated heterocycles. The third-order valence-electron chi connectivity index (χ3n) is 5.66. The lowest BCUT2D eigenvalue weighted by Crippen LogP contribution is -2.48. The maximum absolute atomic E-state index is 12.6. The molecule has 5 rings (SSSR count). The lowest BCUT2D eigenvalue weighted by Gasteiger charge is -2.31. The van der Waals surface area contributed by atoms with E-state index in [1.807, 2.05) is 52.2 Å². The number of anilines is 4. The Balaban J connectivity index is 1.51. The monoisotopic (exact) mass is 435 g/mol. The van der Waals surface area contributed by atoms with Gasteiger partial charge in [-0.05, 0) is 51.1 Å². The first-order chi connectivity index (χ1) is 14.8. The minimum absolute atomic E-state index is 0.0381. The van der Waals surface area contributed by atoms with Gasteiger partial charge in [-0.1, -0.05) is 11.3 Å². The summed E-state index contributed by atoms with van der Waals surface area (Å²) in [6, 6.07) is 10.2. The van der Waals surface area contributed by atoms with Crippen molar-refractivity contribution in [1.82, 2.24) is 15.3 Å². The molecule has 2 aliphatic rings. The summed E-state index contributed by atoms with van der Waals surface area (Å²) in [6.45, 7) is 7.29. The van der Waals surface area contributed by atoms with Crippen LogP contribution in [-0.2, 0) is 6.42 Å². The van der Waals surface area contributed by atoms with Gasteiger partial charge in [0.15, 0.2) is 5.13 Å². The number of pyridine rings is 1. The topological polar surface area (TPSA) is 70.6 Å². The molecule has 2 aromatic heterocycles. The van der Waals surface area contributed by atoms with Crippen molar-refractivity contribution in [2.24, 2.45) is 0 Å². The van der Waals surface area contributed by atoms with Gasteiger partial charge in [0.25, 0.3) is 5.91 Å². The first-order valence-electron chi connectivity index (χ1n) is 10.3. The molecule has 0 spiro atoms. The number of hydrogen-bond acceptors (Lipinski definition) is 7. The minimum atomic E-state index is -0.281. The second-order valence-electron chi connectivity index (χ2n) is 8.66. The molecule has 0 aliphatic carbocycles. The van der Waals surface area contributed by atoms with E-state index in [1.165, 1.54) is 11.3 Å². The summed E-state index contributed by atoms with van der Waals surface area (Å²) in [5.41, 5.74) is 4.58. The summed E-state index contributed by atoms with van der Waals surface area (Å²) in [6.07, 6.45) is 2.60. The molecule has 0 radical (unpaired) electrons. The van der Waals surface area contributed by atoms with Crippen LogP contribution < -0.4 is 19.9 Å². The zero-order valence-corrected chi connectivity index (χ0v) is 18.9. The molecule has 0 bridgehead atoms. The van der Waals surface area contributed by atoms with Gasteiger partial charge >= 0.3 is 0 Å². The van der Waals surface area contributed by atoms with Crippen LogP contribution in [0.1, 0.15) is 34.9 Å². The number of aromatic nitrogens is 2. The molecule has 0 saturated carbocycles. The first-order valence-corrected chi connectivity index (χ1v) is 11.2. The molecule has 7 nitrogen and oxygen atoms in total. The second-order valence-corrected chi connectivity index (χ2v) is 9.63. The number of nitrogens with one attached hydrogen (secondary N) is 1. The smallest absolute Gasteiger partial charge is 0.263 e. The highest BCUT2D eigenvalue weighted by Gasteiger charge is 2.34. The molecule has 0 atom stereocenters. The highest BCUT2D eigenvalue weighted by atomic mass is 32.1. The number of ether oxygens (including phenoxy) is 1. The SMILES string of the molecule is Cc1ccc(N(C)c2ccc3c(c2)N(c2nc4c(s2)C(=O)NC(C)(C)C4)CCO3)cn1. The van der Waals surface area contributed by atoms with E-state index in [4.69, 9.17) is 9.72 Å². The normalized spacial score (nSPS) is 16.8. The van der Waals surface area contributed by atoms with E-state index in [2.05, 4.69) is 32.2 Å². The molecule has 4 heterocycles. The van der Waals surface area contributed by atoms with Crippen LogP contribution in [0.3, 0.4) is 0 Å². The molecule has 8 heteroatoms. The van der Waals surface area contributed by atoms with Crippen LogP contribution in [0.4, 0.5) is 22.2 Å². The lowest BCUT2D eigenvalue weighted by molar-refractivity contribution is 0.0901. The number of hydrogen-bond donors (Lipinski definition) is 1.